The topological polar surface area (TPSA) is 41.6 Å². The van der Waals surface area contributed by atoms with E-state index in [1.54, 1.807) is 24.3 Å². The molecule has 2 aromatic carbocycles. The van der Waals surface area contributed by atoms with Crippen LogP contribution < -0.4 is 10.1 Å². The number of halogens is 2. The summed E-state index contributed by atoms with van der Waals surface area (Å²) in [7, 11) is 1.87. The van der Waals surface area contributed by atoms with Crippen molar-refractivity contribution in [2.45, 2.75) is 6.42 Å². The molecule has 0 heterocycles. The molecule has 0 bridgehead atoms. The molecule has 0 aromatic heterocycles. The Hall–Kier alpha value is -2.47. The van der Waals surface area contributed by atoms with Crippen LogP contribution in [0.4, 0.5) is 14.5 Å². The maximum Gasteiger partial charge on any atom is 0.225 e. The Balaban J connectivity index is 1.65. The highest BCUT2D eigenvalue weighted by Gasteiger charge is 2.08. The van der Waals surface area contributed by atoms with E-state index >= 15 is 0 Å². The number of anilines is 1. The number of nitrogens with one attached hydrogen (secondary N) is 1. The van der Waals surface area contributed by atoms with Gasteiger partial charge in [0.15, 0.2) is 0 Å². The molecule has 1 amide bonds. The minimum atomic E-state index is -0.452. The van der Waals surface area contributed by atoms with Gasteiger partial charge >= 0.3 is 0 Å². The molecule has 0 aliphatic heterocycles. The summed E-state index contributed by atoms with van der Waals surface area (Å²) in [6.07, 6.45) is 0.251. The van der Waals surface area contributed by atoms with E-state index in [0.717, 1.165) is 0 Å². The summed E-state index contributed by atoms with van der Waals surface area (Å²) in [4.78, 5) is 13.8. The first-order valence-corrected chi connectivity index (χ1v) is 7.66. The fourth-order valence-electron chi connectivity index (χ4n) is 2.03. The maximum absolute atomic E-state index is 13.4. The highest BCUT2D eigenvalue weighted by atomic mass is 19.1. The summed E-state index contributed by atoms with van der Waals surface area (Å²) in [5.41, 5.74) is 0.185. The molecule has 0 spiro atoms. The summed E-state index contributed by atoms with van der Waals surface area (Å²) < 4.78 is 31.7. The van der Waals surface area contributed by atoms with Crippen molar-refractivity contribution in [2.24, 2.45) is 0 Å². The first-order valence-electron chi connectivity index (χ1n) is 7.66. The number of hydrogen-bond acceptors (Lipinski definition) is 3. The Kier molecular flexibility index (Phi) is 6.69. The van der Waals surface area contributed by atoms with Gasteiger partial charge in [-0.3, -0.25) is 4.79 Å². The zero-order valence-corrected chi connectivity index (χ0v) is 13.5. The Morgan fingerprint density at radius 2 is 1.79 bits per heavy atom. The van der Waals surface area contributed by atoms with Gasteiger partial charge in [-0.25, -0.2) is 8.78 Å². The van der Waals surface area contributed by atoms with Gasteiger partial charge in [-0.1, -0.05) is 12.1 Å². The first-order chi connectivity index (χ1) is 11.5. The van der Waals surface area contributed by atoms with Gasteiger partial charge in [0.1, 0.15) is 24.0 Å². The van der Waals surface area contributed by atoms with E-state index in [2.05, 4.69) is 5.32 Å². The van der Waals surface area contributed by atoms with Crippen LogP contribution >= 0.6 is 0 Å². The van der Waals surface area contributed by atoms with Crippen molar-refractivity contribution in [3.05, 3.63) is 60.2 Å². The lowest BCUT2D eigenvalue weighted by Gasteiger charge is -2.16. The number of likely N-dealkylation sites (N-methyl/N-ethyl adjacent to an activating group) is 1. The van der Waals surface area contributed by atoms with E-state index in [4.69, 9.17) is 4.74 Å². The molecule has 0 radical (unpaired) electrons. The molecule has 0 fully saturated rings. The maximum atomic E-state index is 13.4. The van der Waals surface area contributed by atoms with Crippen molar-refractivity contribution in [3.63, 3.8) is 0 Å². The number of nitrogens with zero attached hydrogens (tertiary/aromatic N) is 1. The number of benzene rings is 2. The third kappa shape index (κ3) is 5.96. The van der Waals surface area contributed by atoms with Gasteiger partial charge in [0, 0.05) is 19.5 Å². The van der Waals surface area contributed by atoms with Crippen LogP contribution in [0.15, 0.2) is 48.5 Å². The van der Waals surface area contributed by atoms with Crippen molar-refractivity contribution < 1.29 is 18.3 Å². The number of carbonyl (C=O) groups excluding carboxylic acids is 1. The second-order valence-corrected chi connectivity index (χ2v) is 5.38. The van der Waals surface area contributed by atoms with E-state index < -0.39 is 5.82 Å². The van der Waals surface area contributed by atoms with Crippen LogP contribution in [0.1, 0.15) is 6.42 Å². The lowest BCUT2D eigenvalue weighted by Crippen LogP contribution is -2.28. The summed E-state index contributed by atoms with van der Waals surface area (Å²) >= 11 is 0. The standard InChI is InChI=1S/C18H20F2N2O2/c1-22(12-13-24-15-8-6-14(19)7-9-15)11-10-18(23)21-17-5-3-2-4-16(17)20/h2-9H,10-13H2,1H3,(H,21,23). The first kappa shape index (κ1) is 17.9. The van der Waals surface area contributed by atoms with Crippen LogP contribution in [0.5, 0.6) is 5.75 Å². The molecule has 24 heavy (non-hydrogen) atoms. The van der Waals surface area contributed by atoms with Crippen LogP contribution in [0.3, 0.4) is 0 Å². The number of amides is 1. The third-order valence-corrected chi connectivity index (χ3v) is 3.42. The average molecular weight is 334 g/mol. The molecule has 0 saturated heterocycles. The minimum Gasteiger partial charge on any atom is -0.492 e. The number of carbonyl (C=O) groups is 1. The largest absolute Gasteiger partial charge is 0.492 e. The lowest BCUT2D eigenvalue weighted by molar-refractivity contribution is -0.116. The summed E-state index contributed by atoms with van der Waals surface area (Å²) in [5, 5.41) is 2.55. The van der Waals surface area contributed by atoms with Gasteiger partial charge in [0.05, 0.1) is 5.69 Å². The van der Waals surface area contributed by atoms with Crippen LogP contribution in [0.25, 0.3) is 0 Å². The third-order valence-electron chi connectivity index (χ3n) is 3.42. The number of hydrogen-bond donors (Lipinski definition) is 1. The molecule has 128 valence electrons. The highest BCUT2D eigenvalue weighted by molar-refractivity contribution is 5.90. The van der Waals surface area contributed by atoms with Crippen LogP contribution in [0.2, 0.25) is 0 Å². The molecule has 2 aromatic rings. The van der Waals surface area contributed by atoms with Crippen LogP contribution in [-0.2, 0) is 4.79 Å². The molecule has 1 N–H and O–H groups in total. The minimum absolute atomic E-state index is 0.185. The molecule has 2 rings (SSSR count). The van der Waals surface area contributed by atoms with Gasteiger partial charge in [0.2, 0.25) is 5.91 Å². The van der Waals surface area contributed by atoms with Crippen molar-refractivity contribution in [1.29, 1.82) is 0 Å². The molecule has 0 aliphatic rings. The van der Waals surface area contributed by atoms with Crippen molar-refractivity contribution >= 4 is 11.6 Å². The molecular formula is C18H20F2N2O2. The zero-order chi connectivity index (χ0) is 17.4. The molecule has 4 nitrogen and oxygen atoms in total. The van der Waals surface area contributed by atoms with Gasteiger partial charge in [-0.05, 0) is 43.4 Å². The summed E-state index contributed by atoms with van der Waals surface area (Å²) in [5.74, 6) is -0.402. The molecule has 0 unspecified atom stereocenters. The predicted octanol–water partition coefficient (Wildman–Crippen LogP) is 3.30. The second kappa shape index (κ2) is 8.98. The van der Waals surface area contributed by atoms with Gasteiger partial charge in [0.25, 0.3) is 0 Å². The quantitative estimate of drug-likeness (QED) is 0.805. The van der Waals surface area contributed by atoms with Crippen molar-refractivity contribution in [3.8, 4) is 5.75 Å². The van der Waals surface area contributed by atoms with Gasteiger partial charge in [-0.15, -0.1) is 0 Å². The smallest absolute Gasteiger partial charge is 0.225 e. The Morgan fingerprint density at radius 3 is 2.50 bits per heavy atom. The predicted molar refractivity (Wildman–Crippen MR) is 89.0 cm³/mol. The highest BCUT2D eigenvalue weighted by Crippen LogP contribution is 2.13. The van der Waals surface area contributed by atoms with Crippen molar-refractivity contribution in [1.82, 2.24) is 4.90 Å². The summed E-state index contributed by atoms with van der Waals surface area (Å²) in [6.45, 7) is 1.56. The Morgan fingerprint density at radius 1 is 1.08 bits per heavy atom. The normalized spacial score (nSPS) is 10.7. The lowest BCUT2D eigenvalue weighted by atomic mass is 10.3. The second-order valence-electron chi connectivity index (χ2n) is 5.38. The van der Waals surface area contributed by atoms with Crippen LogP contribution in [-0.4, -0.2) is 37.6 Å². The zero-order valence-electron chi connectivity index (χ0n) is 13.5. The van der Waals surface area contributed by atoms with Crippen molar-refractivity contribution in [2.75, 3.05) is 32.1 Å². The Labute approximate surface area is 140 Å². The van der Waals surface area contributed by atoms with E-state index in [0.29, 0.717) is 25.4 Å². The number of ether oxygens (including phenoxy) is 1. The SMILES string of the molecule is CN(CCOc1ccc(F)cc1)CCC(=O)Nc1ccccc1F. The van der Waals surface area contributed by atoms with E-state index in [-0.39, 0.29) is 23.8 Å². The molecule has 0 atom stereocenters. The van der Waals surface area contributed by atoms with E-state index in [1.807, 2.05) is 11.9 Å². The molecular weight excluding hydrogens is 314 g/mol. The average Bonchev–Trinajstić information content (AvgIpc) is 2.57. The fraction of sp³-hybridized carbons (Fsp3) is 0.278. The monoisotopic (exact) mass is 334 g/mol. The van der Waals surface area contributed by atoms with Gasteiger partial charge in [-0.2, -0.15) is 0 Å². The van der Waals surface area contributed by atoms with E-state index in [9.17, 15) is 13.6 Å². The number of para-hydroxylation sites is 1. The van der Waals surface area contributed by atoms with Gasteiger partial charge < -0.3 is 15.0 Å². The molecule has 0 aliphatic carbocycles. The number of rotatable bonds is 8. The molecule has 6 heteroatoms. The van der Waals surface area contributed by atoms with Crippen LogP contribution in [0, 0.1) is 11.6 Å². The molecule has 0 saturated carbocycles. The summed E-state index contributed by atoms with van der Waals surface area (Å²) in [6, 6.07) is 11.9. The Bertz CT molecular complexity index is 662. The van der Waals surface area contributed by atoms with E-state index in [1.165, 1.54) is 24.3 Å². The fourth-order valence-corrected chi connectivity index (χ4v) is 2.03.